The molecule has 4 rings (SSSR count). The maximum absolute atomic E-state index is 13.0. The number of amides is 2. The summed E-state index contributed by atoms with van der Waals surface area (Å²) in [6, 6.07) is 11.1. The van der Waals surface area contributed by atoms with Crippen molar-refractivity contribution in [3.63, 3.8) is 0 Å². The number of ether oxygens (including phenoxy) is 2. The van der Waals surface area contributed by atoms with Gasteiger partial charge in [-0.15, -0.1) is 0 Å². The van der Waals surface area contributed by atoms with Crippen LogP contribution in [0.1, 0.15) is 52.8 Å². The highest BCUT2D eigenvalue weighted by Crippen LogP contribution is 2.38. The number of likely N-dealkylation sites (tertiary alicyclic amines) is 1. The molecule has 7 heteroatoms. The molecule has 0 aliphatic carbocycles. The van der Waals surface area contributed by atoms with Crippen LogP contribution in [-0.4, -0.2) is 73.1 Å². The molecule has 2 amide bonds. The molecular weight excluding hydrogens is 418 g/mol. The van der Waals surface area contributed by atoms with Gasteiger partial charge in [0.1, 0.15) is 5.75 Å². The number of benzene rings is 1. The topological polar surface area (TPSA) is 72.0 Å². The largest absolute Gasteiger partial charge is 0.492 e. The zero-order valence-corrected chi connectivity index (χ0v) is 19.4. The number of aromatic nitrogens is 1. The number of pyridine rings is 1. The van der Waals surface area contributed by atoms with Crippen LogP contribution < -0.4 is 4.74 Å². The number of fused-ring (bicyclic) bond motifs is 1. The monoisotopic (exact) mass is 451 g/mol. The second-order valence-corrected chi connectivity index (χ2v) is 9.11. The van der Waals surface area contributed by atoms with E-state index < -0.39 is 0 Å². The standard InChI is InChI=1S/C26H33N3O4/c1-28-16-18-32-17-5-4-10-26(20-33-23-9-3-2-8-22(23)25(28)31)11-14-29(15-12-26)24(30)21-7-6-13-27-19-21/h2-3,6-9,13,19H,4-5,10-12,14-18,20H2,1H3. The molecule has 0 unspecified atom stereocenters. The third-order valence-electron chi connectivity index (χ3n) is 6.83. The Morgan fingerprint density at radius 1 is 1.00 bits per heavy atom. The van der Waals surface area contributed by atoms with Crippen LogP contribution in [0.2, 0.25) is 0 Å². The molecule has 1 aromatic carbocycles. The van der Waals surface area contributed by atoms with E-state index in [-0.39, 0.29) is 17.2 Å². The van der Waals surface area contributed by atoms with E-state index in [1.807, 2.05) is 35.2 Å². The lowest BCUT2D eigenvalue weighted by molar-refractivity contribution is 0.0328. The molecule has 1 spiro atoms. The second-order valence-electron chi connectivity index (χ2n) is 9.11. The van der Waals surface area contributed by atoms with Crippen LogP contribution in [-0.2, 0) is 4.74 Å². The van der Waals surface area contributed by atoms with E-state index in [1.54, 1.807) is 30.4 Å². The van der Waals surface area contributed by atoms with Crippen LogP contribution >= 0.6 is 0 Å². The molecule has 0 N–H and O–H groups in total. The normalized spacial score (nSPS) is 20.0. The highest BCUT2D eigenvalue weighted by Gasteiger charge is 2.37. The molecule has 2 aliphatic rings. The minimum absolute atomic E-state index is 0.0299. The molecule has 7 nitrogen and oxygen atoms in total. The summed E-state index contributed by atoms with van der Waals surface area (Å²) in [5.74, 6) is 0.602. The summed E-state index contributed by atoms with van der Waals surface area (Å²) in [5, 5.41) is 0. The number of likely N-dealkylation sites (N-methyl/N-ethyl adjacent to an activating group) is 1. The van der Waals surface area contributed by atoms with Crippen molar-refractivity contribution in [3.8, 4) is 5.75 Å². The molecule has 1 fully saturated rings. The number of nitrogens with zero attached hydrogens (tertiary/aromatic N) is 3. The summed E-state index contributed by atoms with van der Waals surface area (Å²) in [6.07, 6.45) is 8.10. The zero-order chi connectivity index (χ0) is 23.1. The van der Waals surface area contributed by atoms with E-state index in [9.17, 15) is 9.59 Å². The van der Waals surface area contributed by atoms with Crippen molar-refractivity contribution in [1.29, 1.82) is 0 Å². The lowest BCUT2D eigenvalue weighted by Crippen LogP contribution is -2.45. The third-order valence-corrected chi connectivity index (χ3v) is 6.83. The van der Waals surface area contributed by atoms with E-state index in [1.165, 1.54) is 0 Å². The number of rotatable bonds is 1. The van der Waals surface area contributed by atoms with Gasteiger partial charge in [0.15, 0.2) is 0 Å². The lowest BCUT2D eigenvalue weighted by atomic mass is 9.75. The molecule has 1 aromatic heterocycles. The fourth-order valence-electron chi connectivity index (χ4n) is 4.64. The predicted octanol–water partition coefficient (Wildman–Crippen LogP) is 3.66. The Bertz CT molecular complexity index is 942. The fraction of sp³-hybridized carbons (Fsp3) is 0.500. The Labute approximate surface area is 195 Å². The van der Waals surface area contributed by atoms with Gasteiger partial charge in [0, 0.05) is 51.1 Å². The van der Waals surface area contributed by atoms with Crippen molar-refractivity contribution in [2.75, 3.05) is 46.5 Å². The van der Waals surface area contributed by atoms with Crippen molar-refractivity contribution in [2.45, 2.75) is 32.1 Å². The highest BCUT2D eigenvalue weighted by atomic mass is 16.5. The van der Waals surface area contributed by atoms with Crippen molar-refractivity contribution in [1.82, 2.24) is 14.8 Å². The van der Waals surface area contributed by atoms with E-state index in [0.717, 1.165) is 32.1 Å². The van der Waals surface area contributed by atoms with Crippen LogP contribution in [0.15, 0.2) is 48.8 Å². The summed E-state index contributed by atoms with van der Waals surface area (Å²) in [7, 11) is 1.80. The Balaban J connectivity index is 1.49. The lowest BCUT2D eigenvalue weighted by Gasteiger charge is -2.42. The summed E-state index contributed by atoms with van der Waals surface area (Å²) < 4.78 is 12.1. The first-order chi connectivity index (χ1) is 16.1. The second kappa shape index (κ2) is 10.8. The van der Waals surface area contributed by atoms with Crippen molar-refractivity contribution < 1.29 is 19.1 Å². The molecule has 0 atom stereocenters. The smallest absolute Gasteiger partial charge is 0.257 e. The van der Waals surface area contributed by atoms with Crippen LogP contribution in [0.5, 0.6) is 5.75 Å². The Kier molecular flexibility index (Phi) is 7.60. The average Bonchev–Trinajstić information content (AvgIpc) is 2.86. The Hall–Kier alpha value is -2.93. The van der Waals surface area contributed by atoms with Gasteiger partial charge in [0.25, 0.3) is 11.8 Å². The van der Waals surface area contributed by atoms with Crippen molar-refractivity contribution >= 4 is 11.8 Å². The predicted molar refractivity (Wildman–Crippen MR) is 125 cm³/mol. The SMILES string of the molecule is CN1CCOCCCCC2(CCN(C(=O)c3cccnc3)CC2)COc2ccccc2C1=O. The van der Waals surface area contributed by atoms with Crippen molar-refractivity contribution in [3.05, 3.63) is 59.9 Å². The van der Waals surface area contributed by atoms with E-state index in [0.29, 0.717) is 56.3 Å². The summed E-state index contributed by atoms with van der Waals surface area (Å²) in [6.45, 7) is 3.70. The average molecular weight is 452 g/mol. The van der Waals surface area contributed by atoms with Gasteiger partial charge in [-0.05, 0) is 49.9 Å². The maximum atomic E-state index is 13.0. The number of hydrogen-bond acceptors (Lipinski definition) is 5. The molecule has 33 heavy (non-hydrogen) atoms. The van der Waals surface area contributed by atoms with Gasteiger partial charge in [-0.2, -0.15) is 0 Å². The molecule has 1 saturated heterocycles. The first-order valence-electron chi connectivity index (χ1n) is 11.8. The quantitative estimate of drug-likeness (QED) is 0.662. The molecule has 0 saturated carbocycles. The Morgan fingerprint density at radius 2 is 1.82 bits per heavy atom. The number of para-hydroxylation sites is 1. The summed E-state index contributed by atoms with van der Waals surface area (Å²) in [4.78, 5) is 33.5. The Morgan fingerprint density at radius 3 is 2.61 bits per heavy atom. The van der Waals surface area contributed by atoms with E-state index in [4.69, 9.17) is 9.47 Å². The number of carbonyl (C=O) groups is 2. The van der Waals surface area contributed by atoms with E-state index >= 15 is 0 Å². The molecule has 0 radical (unpaired) electrons. The van der Waals surface area contributed by atoms with Crippen LogP contribution in [0, 0.1) is 5.41 Å². The van der Waals surface area contributed by atoms with E-state index in [2.05, 4.69) is 4.98 Å². The first kappa shape index (κ1) is 23.2. The molecular formula is C26H33N3O4. The van der Waals surface area contributed by atoms with Gasteiger partial charge in [-0.1, -0.05) is 18.6 Å². The zero-order valence-electron chi connectivity index (χ0n) is 19.4. The van der Waals surface area contributed by atoms with Gasteiger partial charge in [0.05, 0.1) is 24.3 Å². The number of carbonyl (C=O) groups excluding carboxylic acids is 2. The molecule has 3 heterocycles. The van der Waals surface area contributed by atoms with Crippen molar-refractivity contribution in [2.24, 2.45) is 5.41 Å². The van der Waals surface area contributed by atoms with Gasteiger partial charge in [-0.3, -0.25) is 14.6 Å². The van der Waals surface area contributed by atoms with Gasteiger partial charge >= 0.3 is 0 Å². The molecule has 0 bridgehead atoms. The number of hydrogen-bond donors (Lipinski definition) is 0. The minimum Gasteiger partial charge on any atom is -0.492 e. The van der Waals surface area contributed by atoms with Crippen LogP contribution in [0.4, 0.5) is 0 Å². The fourth-order valence-corrected chi connectivity index (χ4v) is 4.64. The van der Waals surface area contributed by atoms with Gasteiger partial charge in [0.2, 0.25) is 0 Å². The maximum Gasteiger partial charge on any atom is 0.257 e. The van der Waals surface area contributed by atoms with Gasteiger partial charge < -0.3 is 19.3 Å². The summed E-state index contributed by atoms with van der Waals surface area (Å²) >= 11 is 0. The molecule has 2 aromatic rings. The van der Waals surface area contributed by atoms with Gasteiger partial charge in [-0.25, -0.2) is 0 Å². The third kappa shape index (κ3) is 5.71. The minimum atomic E-state index is -0.0582. The number of piperidine rings is 1. The highest BCUT2D eigenvalue weighted by molar-refractivity contribution is 5.96. The van der Waals surface area contributed by atoms with Crippen LogP contribution in [0.3, 0.4) is 0 Å². The molecule has 2 aliphatic heterocycles. The summed E-state index contributed by atoms with van der Waals surface area (Å²) in [5.41, 5.74) is 1.18. The van der Waals surface area contributed by atoms with Crippen LogP contribution in [0.25, 0.3) is 0 Å². The molecule has 176 valence electrons. The first-order valence-corrected chi connectivity index (χ1v) is 11.8.